The Bertz CT molecular complexity index is 549. The van der Waals surface area contributed by atoms with E-state index in [-0.39, 0.29) is 0 Å². The molecule has 0 aromatic carbocycles. The zero-order valence-electron chi connectivity index (χ0n) is 10.1. The molecule has 2 aromatic heterocycles. The van der Waals surface area contributed by atoms with E-state index >= 15 is 0 Å². The number of nitrogens with zero attached hydrogens (tertiary/aromatic N) is 4. The molecule has 6 nitrogen and oxygen atoms in total. The fourth-order valence-corrected chi connectivity index (χ4v) is 2.37. The second kappa shape index (κ2) is 4.72. The first-order chi connectivity index (χ1) is 8.83. The number of nitrogens with two attached hydrogens (primary N) is 1. The van der Waals surface area contributed by atoms with Gasteiger partial charge in [0.2, 0.25) is 5.95 Å². The van der Waals surface area contributed by atoms with Crippen LogP contribution in [0.1, 0.15) is 32.1 Å². The lowest BCUT2D eigenvalue weighted by Crippen LogP contribution is -2.23. The summed E-state index contributed by atoms with van der Waals surface area (Å²) in [7, 11) is 0. The minimum atomic E-state index is 0.421. The highest BCUT2D eigenvalue weighted by Crippen LogP contribution is 2.21. The number of fused-ring (bicyclic) bond motifs is 1. The van der Waals surface area contributed by atoms with Crippen LogP contribution in [0.15, 0.2) is 12.5 Å². The highest BCUT2D eigenvalue weighted by atomic mass is 15.1. The van der Waals surface area contributed by atoms with E-state index in [9.17, 15) is 0 Å². The van der Waals surface area contributed by atoms with Crippen LogP contribution in [0, 0.1) is 0 Å². The summed E-state index contributed by atoms with van der Waals surface area (Å²) in [5.74, 6) is 1.05. The number of aromatic nitrogens is 4. The molecule has 94 valence electrons. The highest BCUT2D eigenvalue weighted by Gasteiger charge is 2.14. The third kappa shape index (κ3) is 2.18. The first-order valence-corrected chi connectivity index (χ1v) is 6.33. The monoisotopic (exact) mass is 244 g/mol. The summed E-state index contributed by atoms with van der Waals surface area (Å²) >= 11 is 0. The maximum absolute atomic E-state index is 5.74. The summed E-state index contributed by atoms with van der Waals surface area (Å²) in [4.78, 5) is 16.7. The van der Waals surface area contributed by atoms with Crippen molar-refractivity contribution in [3.8, 4) is 0 Å². The zero-order valence-corrected chi connectivity index (χ0v) is 10.1. The van der Waals surface area contributed by atoms with Gasteiger partial charge in [0.25, 0.3) is 0 Å². The summed E-state index contributed by atoms with van der Waals surface area (Å²) in [6.45, 7) is 0. The van der Waals surface area contributed by atoms with Crippen molar-refractivity contribution in [2.24, 2.45) is 0 Å². The maximum atomic E-state index is 5.74. The highest BCUT2D eigenvalue weighted by molar-refractivity contribution is 5.84. The number of hydrogen-bond donors (Lipinski definition) is 2. The second-order valence-corrected chi connectivity index (χ2v) is 4.67. The lowest BCUT2D eigenvalue weighted by Gasteiger charge is -2.22. The molecular formula is C12H16N6. The fourth-order valence-electron chi connectivity index (χ4n) is 2.37. The van der Waals surface area contributed by atoms with Crippen molar-refractivity contribution in [1.82, 2.24) is 19.9 Å². The lowest BCUT2D eigenvalue weighted by atomic mass is 9.96. The summed E-state index contributed by atoms with van der Waals surface area (Å²) in [5, 5.41) is 4.07. The standard InChI is InChI=1S/C12H16N6/c13-10-9-6-14-12(18-11(9)16-7-15-10)17-8-4-2-1-3-5-8/h6-8H,1-5H2,(H3,13,14,15,16,17,18). The smallest absolute Gasteiger partial charge is 0.224 e. The first kappa shape index (κ1) is 11.1. The van der Waals surface area contributed by atoms with Crippen LogP contribution < -0.4 is 11.1 Å². The molecular weight excluding hydrogens is 228 g/mol. The molecule has 0 radical (unpaired) electrons. The van der Waals surface area contributed by atoms with Gasteiger partial charge in [-0.2, -0.15) is 4.98 Å². The molecule has 0 spiro atoms. The van der Waals surface area contributed by atoms with Gasteiger partial charge in [0.15, 0.2) is 5.65 Å². The van der Waals surface area contributed by atoms with Gasteiger partial charge >= 0.3 is 0 Å². The molecule has 1 aliphatic rings. The SMILES string of the molecule is Nc1ncnc2nc(NC3CCCCC3)ncc12. The van der Waals surface area contributed by atoms with Crippen molar-refractivity contribution in [3.63, 3.8) is 0 Å². The maximum Gasteiger partial charge on any atom is 0.224 e. The molecule has 0 atom stereocenters. The van der Waals surface area contributed by atoms with Gasteiger partial charge in [-0.15, -0.1) is 0 Å². The number of nitrogens with one attached hydrogen (secondary N) is 1. The molecule has 0 amide bonds. The fraction of sp³-hybridized carbons (Fsp3) is 0.500. The van der Waals surface area contributed by atoms with Crippen molar-refractivity contribution in [1.29, 1.82) is 0 Å². The van der Waals surface area contributed by atoms with Gasteiger partial charge in [0.05, 0.1) is 5.39 Å². The largest absolute Gasteiger partial charge is 0.383 e. The molecule has 0 saturated heterocycles. The van der Waals surface area contributed by atoms with E-state index < -0.39 is 0 Å². The van der Waals surface area contributed by atoms with Crippen LogP contribution >= 0.6 is 0 Å². The molecule has 0 aliphatic heterocycles. The van der Waals surface area contributed by atoms with Crippen LogP contribution in [0.3, 0.4) is 0 Å². The number of rotatable bonds is 2. The van der Waals surface area contributed by atoms with E-state index in [4.69, 9.17) is 5.73 Å². The van der Waals surface area contributed by atoms with Gasteiger partial charge < -0.3 is 11.1 Å². The Kier molecular flexibility index (Phi) is 2.92. The van der Waals surface area contributed by atoms with Gasteiger partial charge in [-0.25, -0.2) is 15.0 Å². The Morgan fingerprint density at radius 2 is 1.94 bits per heavy atom. The quantitative estimate of drug-likeness (QED) is 0.836. The minimum Gasteiger partial charge on any atom is -0.383 e. The molecule has 6 heteroatoms. The Balaban J connectivity index is 1.84. The van der Waals surface area contributed by atoms with Gasteiger partial charge in [0, 0.05) is 12.2 Å². The lowest BCUT2D eigenvalue weighted by molar-refractivity contribution is 0.461. The predicted octanol–water partition coefficient (Wildman–Crippen LogP) is 1.75. The Morgan fingerprint density at radius 3 is 2.78 bits per heavy atom. The number of anilines is 2. The first-order valence-electron chi connectivity index (χ1n) is 6.33. The van der Waals surface area contributed by atoms with Crippen LogP contribution in [-0.4, -0.2) is 26.0 Å². The van der Waals surface area contributed by atoms with E-state index in [2.05, 4.69) is 25.3 Å². The third-order valence-electron chi connectivity index (χ3n) is 3.36. The van der Waals surface area contributed by atoms with E-state index in [0.717, 1.165) is 0 Å². The molecule has 2 heterocycles. The molecule has 2 aromatic rings. The second-order valence-electron chi connectivity index (χ2n) is 4.67. The average molecular weight is 244 g/mol. The van der Waals surface area contributed by atoms with Gasteiger partial charge in [-0.05, 0) is 12.8 Å². The summed E-state index contributed by atoms with van der Waals surface area (Å²) in [5.41, 5.74) is 6.33. The van der Waals surface area contributed by atoms with E-state index in [0.29, 0.717) is 28.8 Å². The molecule has 3 rings (SSSR count). The van der Waals surface area contributed by atoms with Crippen LogP contribution in [0.4, 0.5) is 11.8 Å². The Hall–Kier alpha value is -1.98. The van der Waals surface area contributed by atoms with Crippen LogP contribution in [0.5, 0.6) is 0 Å². The van der Waals surface area contributed by atoms with Crippen LogP contribution in [0.2, 0.25) is 0 Å². The van der Waals surface area contributed by atoms with Crippen molar-refractivity contribution < 1.29 is 0 Å². The van der Waals surface area contributed by atoms with Crippen LogP contribution in [0.25, 0.3) is 11.0 Å². The van der Waals surface area contributed by atoms with Crippen molar-refractivity contribution in [2.45, 2.75) is 38.1 Å². The molecule has 3 N–H and O–H groups in total. The summed E-state index contributed by atoms with van der Waals surface area (Å²) < 4.78 is 0. The summed E-state index contributed by atoms with van der Waals surface area (Å²) in [6.07, 6.45) is 9.37. The van der Waals surface area contributed by atoms with Crippen molar-refractivity contribution in [2.75, 3.05) is 11.1 Å². The van der Waals surface area contributed by atoms with E-state index in [1.54, 1.807) is 6.20 Å². The van der Waals surface area contributed by atoms with E-state index in [1.807, 2.05) is 0 Å². The van der Waals surface area contributed by atoms with Crippen LogP contribution in [-0.2, 0) is 0 Å². The molecule has 0 unspecified atom stereocenters. The van der Waals surface area contributed by atoms with Gasteiger partial charge in [-0.3, -0.25) is 0 Å². The predicted molar refractivity (Wildman–Crippen MR) is 70.0 cm³/mol. The normalized spacial score (nSPS) is 16.9. The van der Waals surface area contributed by atoms with Gasteiger partial charge in [0.1, 0.15) is 12.1 Å². The minimum absolute atomic E-state index is 0.421. The molecule has 1 fully saturated rings. The van der Waals surface area contributed by atoms with E-state index in [1.165, 1.54) is 38.4 Å². The zero-order chi connectivity index (χ0) is 12.4. The summed E-state index contributed by atoms with van der Waals surface area (Å²) in [6, 6.07) is 0.482. The number of nitrogen functional groups attached to an aromatic ring is 1. The Labute approximate surface area is 105 Å². The third-order valence-corrected chi connectivity index (χ3v) is 3.36. The van der Waals surface area contributed by atoms with Gasteiger partial charge in [-0.1, -0.05) is 19.3 Å². The average Bonchev–Trinajstić information content (AvgIpc) is 2.40. The molecule has 0 bridgehead atoms. The molecule has 18 heavy (non-hydrogen) atoms. The van der Waals surface area contributed by atoms with Crippen molar-refractivity contribution in [3.05, 3.63) is 12.5 Å². The van der Waals surface area contributed by atoms with Crippen molar-refractivity contribution >= 4 is 22.8 Å². The molecule has 1 saturated carbocycles. The topological polar surface area (TPSA) is 89.6 Å². The molecule has 1 aliphatic carbocycles. The number of hydrogen-bond acceptors (Lipinski definition) is 6. The Morgan fingerprint density at radius 1 is 1.11 bits per heavy atom.